The quantitative estimate of drug-likeness (QED) is 0.467. The van der Waals surface area contributed by atoms with Crippen LogP contribution in [0.3, 0.4) is 0 Å². The molecule has 190 valence electrons. The molecule has 0 saturated heterocycles. The number of carboxylic acids is 1. The SMILES string of the molecule is C[C@@H]1CC[C@]2(C(=O)O)CC[C@]3(C)C(=CC[C@@H]4[C@@]5(C)[C@H](O)C(=O)C(C)(C)[C@@H]5CC[C@]43C)[C@@H]2[C@]1(C)O. The standard InChI is InChI=1S/C29H44O5/c1-16-10-13-29(23(32)33)15-14-25(4)17(20(29)28(16,7)34)8-9-19-26(25,5)12-11-18-24(2,3)21(30)22(31)27(18,19)6/h8,16,18-20,22,31,34H,9-15H2,1-7H3,(H,32,33)/t16-,18+,19+,20-,22-,25-,26-,27+,28-,29+/m1/s1. The van der Waals surface area contributed by atoms with E-state index in [4.69, 9.17) is 0 Å². The van der Waals surface area contributed by atoms with Crippen LogP contribution in [0, 0.1) is 50.7 Å². The first kappa shape index (κ1) is 24.5. The zero-order valence-electron chi connectivity index (χ0n) is 22.1. The molecule has 0 bridgehead atoms. The van der Waals surface area contributed by atoms with Gasteiger partial charge in [-0.1, -0.05) is 53.2 Å². The Morgan fingerprint density at radius 1 is 0.971 bits per heavy atom. The van der Waals surface area contributed by atoms with Crippen LogP contribution < -0.4 is 0 Å². The van der Waals surface area contributed by atoms with Gasteiger partial charge in [0.15, 0.2) is 5.78 Å². The lowest BCUT2D eigenvalue weighted by Crippen LogP contribution is -2.66. The van der Waals surface area contributed by atoms with Gasteiger partial charge >= 0.3 is 5.97 Å². The molecule has 4 saturated carbocycles. The lowest BCUT2D eigenvalue weighted by molar-refractivity contribution is -0.203. The minimum absolute atomic E-state index is 0.0262. The summed E-state index contributed by atoms with van der Waals surface area (Å²) in [6.45, 7) is 14.7. The minimum Gasteiger partial charge on any atom is -0.481 e. The van der Waals surface area contributed by atoms with Crippen molar-refractivity contribution in [3.8, 4) is 0 Å². The zero-order valence-corrected chi connectivity index (χ0v) is 22.1. The number of hydrogen-bond acceptors (Lipinski definition) is 4. The molecule has 0 aliphatic heterocycles. The molecule has 0 aromatic carbocycles. The van der Waals surface area contributed by atoms with Crippen molar-refractivity contribution < 1.29 is 24.9 Å². The van der Waals surface area contributed by atoms with Crippen molar-refractivity contribution in [3.63, 3.8) is 0 Å². The van der Waals surface area contributed by atoms with E-state index >= 15 is 0 Å². The number of ketones is 1. The van der Waals surface area contributed by atoms with E-state index in [1.54, 1.807) is 0 Å². The summed E-state index contributed by atoms with van der Waals surface area (Å²) in [5.74, 6) is -0.900. The van der Waals surface area contributed by atoms with Crippen LogP contribution in [-0.4, -0.2) is 38.8 Å². The molecule has 4 fully saturated rings. The van der Waals surface area contributed by atoms with Gasteiger partial charge in [0.25, 0.3) is 0 Å². The number of carboxylic acid groups (broad SMARTS) is 1. The average Bonchev–Trinajstić information content (AvgIpc) is 2.88. The highest BCUT2D eigenvalue weighted by atomic mass is 16.4. The topological polar surface area (TPSA) is 94.8 Å². The first-order valence-corrected chi connectivity index (χ1v) is 13.4. The van der Waals surface area contributed by atoms with Gasteiger partial charge in [-0.15, -0.1) is 0 Å². The maximum atomic E-state index is 13.2. The molecule has 5 heteroatoms. The third-order valence-corrected chi connectivity index (χ3v) is 13.0. The Balaban J connectivity index is 1.68. The van der Waals surface area contributed by atoms with E-state index in [9.17, 15) is 24.9 Å². The summed E-state index contributed by atoms with van der Waals surface area (Å²) >= 11 is 0. The van der Waals surface area contributed by atoms with Gasteiger partial charge in [0.05, 0.1) is 11.0 Å². The van der Waals surface area contributed by atoms with Crippen LogP contribution in [0.15, 0.2) is 11.6 Å². The van der Waals surface area contributed by atoms with Crippen molar-refractivity contribution >= 4 is 11.8 Å². The van der Waals surface area contributed by atoms with Crippen molar-refractivity contribution in [2.75, 3.05) is 0 Å². The van der Waals surface area contributed by atoms with Crippen LogP contribution in [-0.2, 0) is 9.59 Å². The molecule has 0 radical (unpaired) electrons. The summed E-state index contributed by atoms with van der Waals surface area (Å²) < 4.78 is 0. The van der Waals surface area contributed by atoms with E-state index in [0.717, 1.165) is 37.7 Å². The number of allylic oxidation sites excluding steroid dienone is 1. The predicted octanol–water partition coefficient (Wildman–Crippen LogP) is 4.99. The van der Waals surface area contributed by atoms with Crippen molar-refractivity contribution in [2.24, 2.45) is 50.7 Å². The van der Waals surface area contributed by atoms with Gasteiger partial charge in [-0.25, -0.2) is 0 Å². The van der Waals surface area contributed by atoms with Crippen LogP contribution >= 0.6 is 0 Å². The molecule has 0 aromatic rings. The fourth-order valence-electron chi connectivity index (χ4n) is 10.5. The van der Waals surface area contributed by atoms with Crippen LogP contribution in [0.5, 0.6) is 0 Å². The fraction of sp³-hybridized carbons (Fsp3) is 0.862. The molecule has 0 aromatic heterocycles. The second kappa shape index (κ2) is 6.76. The van der Waals surface area contributed by atoms with Crippen molar-refractivity contribution in [1.82, 2.24) is 0 Å². The lowest BCUT2D eigenvalue weighted by atomic mass is 9.35. The smallest absolute Gasteiger partial charge is 0.310 e. The molecule has 5 aliphatic rings. The van der Waals surface area contributed by atoms with Crippen LogP contribution in [0.2, 0.25) is 0 Å². The number of aliphatic hydroxyl groups excluding tert-OH is 1. The molecule has 10 atom stereocenters. The number of Topliss-reactive ketones (excluding diaryl/α,β-unsaturated/α-hetero) is 1. The number of rotatable bonds is 1. The van der Waals surface area contributed by atoms with E-state index in [0.29, 0.717) is 12.8 Å². The predicted molar refractivity (Wildman–Crippen MR) is 130 cm³/mol. The highest BCUT2D eigenvalue weighted by Crippen LogP contribution is 2.76. The summed E-state index contributed by atoms with van der Waals surface area (Å²) in [5.41, 5.74) is -2.35. The first-order chi connectivity index (χ1) is 15.5. The summed E-state index contributed by atoms with van der Waals surface area (Å²) in [7, 11) is 0. The summed E-state index contributed by atoms with van der Waals surface area (Å²) in [4.78, 5) is 26.0. The van der Waals surface area contributed by atoms with Crippen LogP contribution in [0.25, 0.3) is 0 Å². The highest BCUT2D eigenvalue weighted by Gasteiger charge is 2.74. The van der Waals surface area contributed by atoms with Gasteiger partial charge in [-0.3, -0.25) is 9.59 Å². The minimum atomic E-state index is -1.08. The molecule has 0 amide bonds. The largest absolute Gasteiger partial charge is 0.481 e. The molecule has 3 N–H and O–H groups in total. The maximum Gasteiger partial charge on any atom is 0.310 e. The molecule has 0 heterocycles. The second-order valence-electron chi connectivity index (χ2n) is 14.2. The molecular formula is C29H44O5. The highest BCUT2D eigenvalue weighted by molar-refractivity contribution is 5.92. The maximum absolute atomic E-state index is 13.2. The zero-order chi connectivity index (χ0) is 25.3. The Morgan fingerprint density at radius 2 is 1.62 bits per heavy atom. The Kier molecular flexibility index (Phi) is 4.87. The lowest BCUT2D eigenvalue weighted by Gasteiger charge is -2.69. The van der Waals surface area contributed by atoms with E-state index in [-0.39, 0.29) is 34.4 Å². The van der Waals surface area contributed by atoms with Crippen molar-refractivity contribution in [2.45, 2.75) is 105 Å². The normalized spacial score (nSPS) is 56.0. The monoisotopic (exact) mass is 472 g/mol. The van der Waals surface area contributed by atoms with Gasteiger partial charge in [0, 0.05) is 16.7 Å². The van der Waals surface area contributed by atoms with E-state index in [2.05, 4.69) is 33.8 Å². The van der Waals surface area contributed by atoms with Gasteiger partial charge in [0.1, 0.15) is 6.10 Å². The number of fused-ring (bicyclic) bond motifs is 7. The molecule has 5 rings (SSSR count). The molecular weight excluding hydrogens is 428 g/mol. The van der Waals surface area contributed by atoms with Crippen molar-refractivity contribution in [3.05, 3.63) is 11.6 Å². The number of aliphatic carboxylic acids is 1. The first-order valence-electron chi connectivity index (χ1n) is 13.4. The molecule has 0 unspecified atom stereocenters. The van der Waals surface area contributed by atoms with E-state index in [1.807, 2.05) is 20.8 Å². The van der Waals surface area contributed by atoms with Crippen LogP contribution in [0.4, 0.5) is 0 Å². The second-order valence-corrected chi connectivity index (χ2v) is 14.2. The summed E-state index contributed by atoms with van der Waals surface area (Å²) in [5, 5.41) is 33.7. The van der Waals surface area contributed by atoms with Gasteiger partial charge in [-0.2, -0.15) is 0 Å². The number of aliphatic hydroxyl groups is 2. The Bertz CT molecular complexity index is 979. The summed E-state index contributed by atoms with van der Waals surface area (Å²) in [6.07, 6.45) is 6.54. The molecule has 5 nitrogen and oxygen atoms in total. The van der Waals surface area contributed by atoms with E-state index in [1.165, 1.54) is 0 Å². The Morgan fingerprint density at radius 3 is 2.24 bits per heavy atom. The van der Waals surface area contributed by atoms with Gasteiger partial charge < -0.3 is 15.3 Å². The van der Waals surface area contributed by atoms with Gasteiger partial charge in [-0.05, 0) is 80.5 Å². The number of hydrogen-bond donors (Lipinski definition) is 3. The molecule has 0 spiro atoms. The average molecular weight is 473 g/mol. The Hall–Kier alpha value is -1.20. The Labute approximate surface area is 204 Å². The molecule has 5 aliphatic carbocycles. The number of carbonyl (C=O) groups is 2. The third kappa shape index (κ3) is 2.44. The van der Waals surface area contributed by atoms with Crippen LogP contribution in [0.1, 0.15) is 93.4 Å². The van der Waals surface area contributed by atoms with E-state index < -0.39 is 39.8 Å². The fourth-order valence-corrected chi connectivity index (χ4v) is 10.5. The van der Waals surface area contributed by atoms with Gasteiger partial charge in [0.2, 0.25) is 0 Å². The summed E-state index contributed by atoms with van der Waals surface area (Å²) in [6, 6.07) is 0. The third-order valence-electron chi connectivity index (χ3n) is 13.0. The number of carbonyl (C=O) groups excluding carboxylic acids is 1. The van der Waals surface area contributed by atoms with Crippen molar-refractivity contribution in [1.29, 1.82) is 0 Å². The molecule has 34 heavy (non-hydrogen) atoms.